The molecule has 0 aromatic heterocycles. The minimum atomic E-state index is -0.688. The molecular formula is C10H22N2O2. The minimum absolute atomic E-state index is 0.188. The Hall–Kier alpha value is -0.610. The molecule has 4 nitrogen and oxygen atoms in total. The summed E-state index contributed by atoms with van der Waals surface area (Å²) < 4.78 is 0. The van der Waals surface area contributed by atoms with E-state index in [9.17, 15) is 9.90 Å². The van der Waals surface area contributed by atoms with Gasteiger partial charge in [-0.1, -0.05) is 20.3 Å². The number of hydrogen-bond acceptors (Lipinski definition) is 3. The smallest absolute Gasteiger partial charge is 0.221 e. The molecule has 0 saturated carbocycles. The molecule has 2 atom stereocenters. The molecular weight excluding hydrogens is 180 g/mol. The summed E-state index contributed by atoms with van der Waals surface area (Å²) in [5.41, 5.74) is 4.41. The Kier molecular flexibility index (Phi) is 5.72. The lowest BCUT2D eigenvalue weighted by Gasteiger charge is -2.23. The van der Waals surface area contributed by atoms with Gasteiger partial charge in [0.05, 0.1) is 5.60 Å². The summed E-state index contributed by atoms with van der Waals surface area (Å²) in [6, 6.07) is 0. The maximum atomic E-state index is 10.7. The fourth-order valence-electron chi connectivity index (χ4n) is 1.29. The number of rotatable bonds is 7. The van der Waals surface area contributed by atoms with E-state index in [1.54, 1.807) is 13.8 Å². The van der Waals surface area contributed by atoms with Crippen LogP contribution >= 0.6 is 0 Å². The van der Waals surface area contributed by atoms with Gasteiger partial charge in [-0.15, -0.1) is 0 Å². The van der Waals surface area contributed by atoms with Gasteiger partial charge in [0, 0.05) is 19.0 Å². The van der Waals surface area contributed by atoms with Crippen molar-refractivity contribution < 1.29 is 9.90 Å². The summed E-state index contributed by atoms with van der Waals surface area (Å²) in [6.07, 6.45) is 1.70. The zero-order valence-electron chi connectivity index (χ0n) is 9.34. The van der Waals surface area contributed by atoms with Gasteiger partial charge in [0.1, 0.15) is 0 Å². The van der Waals surface area contributed by atoms with Gasteiger partial charge in [0.25, 0.3) is 0 Å². The van der Waals surface area contributed by atoms with Crippen LogP contribution in [0.4, 0.5) is 0 Å². The van der Waals surface area contributed by atoms with Crippen LogP contribution in [0.15, 0.2) is 0 Å². The summed E-state index contributed by atoms with van der Waals surface area (Å²) in [5.74, 6) is -0.500. The standard InChI is InChI=1S/C10H22N2O2/c1-4-5-10(3,14)7-12-6-8(2)9(11)13/h8,12,14H,4-7H2,1-3H3,(H2,11,13). The van der Waals surface area contributed by atoms with Crippen molar-refractivity contribution in [3.63, 3.8) is 0 Å². The van der Waals surface area contributed by atoms with Gasteiger partial charge in [0.2, 0.25) is 5.91 Å². The van der Waals surface area contributed by atoms with Crippen LogP contribution in [0.3, 0.4) is 0 Å². The van der Waals surface area contributed by atoms with Gasteiger partial charge in [0.15, 0.2) is 0 Å². The SMILES string of the molecule is CCCC(C)(O)CNCC(C)C(N)=O. The van der Waals surface area contributed by atoms with Crippen LogP contribution in [0.2, 0.25) is 0 Å². The Morgan fingerprint density at radius 1 is 1.64 bits per heavy atom. The second-order valence-electron chi connectivity index (χ2n) is 4.18. The number of primary amides is 1. The first-order chi connectivity index (χ1) is 6.39. The molecule has 0 saturated heterocycles. The average Bonchev–Trinajstić information content (AvgIpc) is 2.03. The lowest BCUT2D eigenvalue weighted by atomic mass is 10.0. The van der Waals surface area contributed by atoms with Crippen LogP contribution in [0.1, 0.15) is 33.6 Å². The first kappa shape index (κ1) is 13.4. The predicted molar refractivity (Wildman–Crippen MR) is 56.8 cm³/mol. The summed E-state index contributed by atoms with van der Waals surface area (Å²) in [6.45, 7) is 6.61. The van der Waals surface area contributed by atoms with Crippen LogP contribution in [0.5, 0.6) is 0 Å². The molecule has 0 spiro atoms. The Labute approximate surface area is 85.9 Å². The van der Waals surface area contributed by atoms with Crippen molar-refractivity contribution >= 4 is 5.91 Å². The van der Waals surface area contributed by atoms with Gasteiger partial charge >= 0.3 is 0 Å². The van der Waals surface area contributed by atoms with Gasteiger partial charge in [-0.25, -0.2) is 0 Å². The second kappa shape index (κ2) is 5.98. The highest BCUT2D eigenvalue weighted by Gasteiger charge is 2.19. The third kappa shape index (κ3) is 5.94. The summed E-state index contributed by atoms with van der Waals surface area (Å²) in [4.78, 5) is 10.7. The monoisotopic (exact) mass is 202 g/mol. The molecule has 14 heavy (non-hydrogen) atoms. The number of hydrogen-bond donors (Lipinski definition) is 3. The Balaban J connectivity index is 3.67. The molecule has 0 fully saturated rings. The number of carbonyl (C=O) groups excluding carboxylic acids is 1. The maximum absolute atomic E-state index is 10.7. The van der Waals surface area contributed by atoms with Gasteiger partial charge in [-0.3, -0.25) is 4.79 Å². The largest absolute Gasteiger partial charge is 0.389 e. The second-order valence-corrected chi connectivity index (χ2v) is 4.18. The normalized spacial score (nSPS) is 17.4. The Bertz CT molecular complexity index is 181. The van der Waals surface area contributed by atoms with Crippen molar-refractivity contribution in [1.82, 2.24) is 5.32 Å². The first-order valence-electron chi connectivity index (χ1n) is 5.11. The van der Waals surface area contributed by atoms with Crippen molar-refractivity contribution in [3.05, 3.63) is 0 Å². The molecule has 84 valence electrons. The van der Waals surface area contributed by atoms with E-state index < -0.39 is 5.60 Å². The van der Waals surface area contributed by atoms with Gasteiger partial charge in [-0.2, -0.15) is 0 Å². The molecule has 0 aliphatic heterocycles. The van der Waals surface area contributed by atoms with Crippen molar-refractivity contribution in [2.24, 2.45) is 11.7 Å². The molecule has 0 aliphatic carbocycles. The highest BCUT2D eigenvalue weighted by atomic mass is 16.3. The van der Waals surface area contributed by atoms with Crippen LogP contribution in [-0.2, 0) is 4.79 Å². The molecule has 0 heterocycles. The lowest BCUT2D eigenvalue weighted by Crippen LogP contribution is -2.41. The molecule has 4 N–H and O–H groups in total. The van der Waals surface area contributed by atoms with Crippen LogP contribution < -0.4 is 11.1 Å². The summed E-state index contributed by atoms with van der Waals surface area (Å²) >= 11 is 0. The fourth-order valence-corrected chi connectivity index (χ4v) is 1.29. The van der Waals surface area contributed by atoms with E-state index >= 15 is 0 Å². The summed E-state index contributed by atoms with van der Waals surface area (Å²) in [5, 5.41) is 12.8. The number of amides is 1. The molecule has 0 bridgehead atoms. The highest BCUT2D eigenvalue weighted by molar-refractivity contribution is 5.76. The number of nitrogens with one attached hydrogen (secondary N) is 1. The quantitative estimate of drug-likeness (QED) is 0.554. The number of carbonyl (C=O) groups is 1. The highest BCUT2D eigenvalue weighted by Crippen LogP contribution is 2.09. The molecule has 0 rings (SSSR count). The Morgan fingerprint density at radius 2 is 2.21 bits per heavy atom. The van der Waals surface area contributed by atoms with Crippen LogP contribution in [0, 0.1) is 5.92 Å². The zero-order valence-corrected chi connectivity index (χ0v) is 9.34. The fraction of sp³-hybridized carbons (Fsp3) is 0.900. The van der Waals surface area contributed by atoms with E-state index in [0.717, 1.165) is 12.8 Å². The number of aliphatic hydroxyl groups is 1. The van der Waals surface area contributed by atoms with E-state index in [1.165, 1.54) is 0 Å². The summed E-state index contributed by atoms with van der Waals surface area (Å²) in [7, 11) is 0. The zero-order chi connectivity index (χ0) is 11.2. The number of nitrogens with two attached hydrogens (primary N) is 1. The van der Waals surface area contributed by atoms with Crippen LogP contribution in [-0.4, -0.2) is 29.7 Å². The van der Waals surface area contributed by atoms with E-state index in [-0.39, 0.29) is 11.8 Å². The van der Waals surface area contributed by atoms with Crippen molar-refractivity contribution in [2.75, 3.05) is 13.1 Å². The van der Waals surface area contributed by atoms with E-state index in [4.69, 9.17) is 5.73 Å². The molecule has 2 unspecified atom stereocenters. The van der Waals surface area contributed by atoms with Gasteiger partial charge < -0.3 is 16.2 Å². The first-order valence-corrected chi connectivity index (χ1v) is 5.11. The molecule has 0 aliphatic rings. The van der Waals surface area contributed by atoms with Crippen LogP contribution in [0.25, 0.3) is 0 Å². The van der Waals surface area contributed by atoms with E-state index in [2.05, 4.69) is 5.32 Å². The molecule has 1 amide bonds. The minimum Gasteiger partial charge on any atom is -0.389 e. The topological polar surface area (TPSA) is 75.3 Å². The maximum Gasteiger partial charge on any atom is 0.221 e. The molecule has 4 heteroatoms. The van der Waals surface area contributed by atoms with Crippen molar-refractivity contribution in [3.8, 4) is 0 Å². The predicted octanol–water partition coefficient (Wildman–Crippen LogP) is 0.248. The van der Waals surface area contributed by atoms with Gasteiger partial charge in [-0.05, 0) is 13.3 Å². The van der Waals surface area contributed by atoms with Crippen molar-refractivity contribution in [1.29, 1.82) is 0 Å². The molecule has 0 aromatic rings. The third-order valence-electron chi connectivity index (χ3n) is 2.23. The molecule has 0 aromatic carbocycles. The van der Waals surface area contributed by atoms with E-state index in [1.807, 2.05) is 6.92 Å². The van der Waals surface area contributed by atoms with E-state index in [0.29, 0.717) is 13.1 Å². The molecule has 0 radical (unpaired) electrons. The Morgan fingerprint density at radius 3 is 2.64 bits per heavy atom. The lowest BCUT2D eigenvalue weighted by molar-refractivity contribution is -0.121. The average molecular weight is 202 g/mol. The van der Waals surface area contributed by atoms with Crippen molar-refractivity contribution in [2.45, 2.75) is 39.2 Å². The third-order valence-corrected chi connectivity index (χ3v) is 2.23.